The normalized spacial score (nSPS) is 15.9. The molecular formula is C17H30N2S2. The topological polar surface area (TPSA) is 38.0 Å². The number of nitrogens with two attached hydrogens (primary N) is 1. The number of unbranched alkanes of at least 4 members (excludes halogenated alkanes) is 6. The number of fused-ring (bicyclic) bond motifs is 1. The van der Waals surface area contributed by atoms with Gasteiger partial charge in [-0.3, -0.25) is 11.3 Å². The summed E-state index contributed by atoms with van der Waals surface area (Å²) in [5.74, 6) is 8.27. The van der Waals surface area contributed by atoms with Crippen LogP contribution in [0.5, 0.6) is 0 Å². The molecule has 0 fully saturated rings. The summed E-state index contributed by atoms with van der Waals surface area (Å²) in [6, 6.07) is 2.76. The molecule has 1 unspecified atom stereocenters. The molecule has 0 aliphatic carbocycles. The van der Waals surface area contributed by atoms with E-state index < -0.39 is 0 Å². The van der Waals surface area contributed by atoms with Crippen LogP contribution in [0, 0.1) is 0 Å². The van der Waals surface area contributed by atoms with Crippen molar-refractivity contribution in [2.75, 3.05) is 5.75 Å². The van der Waals surface area contributed by atoms with Crippen LogP contribution in [-0.4, -0.2) is 5.75 Å². The fourth-order valence-electron chi connectivity index (χ4n) is 2.96. The molecule has 0 radical (unpaired) electrons. The second-order valence-corrected chi connectivity index (χ2v) is 8.30. The van der Waals surface area contributed by atoms with Crippen molar-refractivity contribution >= 4 is 23.1 Å². The van der Waals surface area contributed by atoms with E-state index in [1.165, 1.54) is 74.2 Å². The SMILES string of the molecule is CCCCCCCCCC(NN)c1cc2c(s1)CCSC2. The van der Waals surface area contributed by atoms with E-state index in [9.17, 15) is 0 Å². The van der Waals surface area contributed by atoms with E-state index in [2.05, 4.69) is 30.2 Å². The number of nitrogens with one attached hydrogen (secondary N) is 1. The fourth-order valence-corrected chi connectivity index (χ4v) is 5.43. The second-order valence-electron chi connectivity index (χ2n) is 6.03. The van der Waals surface area contributed by atoms with Gasteiger partial charge in [-0.2, -0.15) is 11.8 Å². The monoisotopic (exact) mass is 326 g/mol. The molecule has 0 aromatic carbocycles. The van der Waals surface area contributed by atoms with E-state index in [0.717, 1.165) is 0 Å². The maximum Gasteiger partial charge on any atom is 0.0553 e. The highest BCUT2D eigenvalue weighted by molar-refractivity contribution is 7.98. The maximum atomic E-state index is 5.79. The largest absolute Gasteiger partial charge is 0.271 e. The third-order valence-corrected chi connectivity index (χ3v) is 6.65. The van der Waals surface area contributed by atoms with Crippen LogP contribution in [0.4, 0.5) is 0 Å². The first kappa shape index (κ1) is 17.3. The van der Waals surface area contributed by atoms with Crippen molar-refractivity contribution in [1.29, 1.82) is 0 Å². The predicted molar refractivity (Wildman–Crippen MR) is 96.9 cm³/mol. The van der Waals surface area contributed by atoms with Gasteiger partial charge >= 0.3 is 0 Å². The van der Waals surface area contributed by atoms with Crippen LogP contribution in [-0.2, 0) is 12.2 Å². The fraction of sp³-hybridized carbons (Fsp3) is 0.765. The van der Waals surface area contributed by atoms with Crippen LogP contribution in [0.15, 0.2) is 6.07 Å². The van der Waals surface area contributed by atoms with Gasteiger partial charge < -0.3 is 0 Å². The van der Waals surface area contributed by atoms with Gasteiger partial charge in [0.25, 0.3) is 0 Å². The van der Waals surface area contributed by atoms with Crippen LogP contribution in [0.25, 0.3) is 0 Å². The highest BCUT2D eigenvalue weighted by Crippen LogP contribution is 2.35. The van der Waals surface area contributed by atoms with Crippen LogP contribution in [0.3, 0.4) is 0 Å². The number of thioether (sulfide) groups is 1. The summed E-state index contributed by atoms with van der Waals surface area (Å²) in [6.45, 7) is 2.27. The quantitative estimate of drug-likeness (QED) is 0.353. The first-order chi connectivity index (χ1) is 10.3. The molecule has 3 N–H and O–H groups in total. The lowest BCUT2D eigenvalue weighted by Crippen LogP contribution is -2.27. The lowest BCUT2D eigenvalue weighted by atomic mass is 10.0. The van der Waals surface area contributed by atoms with Gasteiger partial charge in [0.05, 0.1) is 6.04 Å². The summed E-state index contributed by atoms with van der Waals surface area (Å²) < 4.78 is 0. The molecule has 1 aliphatic rings. The van der Waals surface area contributed by atoms with Crippen LogP contribution in [0.2, 0.25) is 0 Å². The molecule has 21 heavy (non-hydrogen) atoms. The molecule has 2 heterocycles. The molecule has 0 saturated heterocycles. The Balaban J connectivity index is 1.71. The Labute approximate surface area is 138 Å². The molecule has 1 atom stereocenters. The standard InChI is InChI=1S/C17H30N2S2/c1-2-3-4-5-6-7-8-9-15(19-18)17-12-14-13-20-11-10-16(14)21-17/h12,15,19H,2-11,13,18H2,1H3. The Morgan fingerprint density at radius 1 is 1.19 bits per heavy atom. The molecule has 1 aromatic heterocycles. The third kappa shape index (κ3) is 5.59. The summed E-state index contributed by atoms with van der Waals surface area (Å²) in [4.78, 5) is 3.06. The van der Waals surface area contributed by atoms with Crippen LogP contribution in [0.1, 0.15) is 79.6 Å². The molecule has 2 rings (SSSR count). The number of hydrazine groups is 1. The number of aryl methyl sites for hydroxylation is 1. The first-order valence-electron chi connectivity index (χ1n) is 8.50. The lowest BCUT2D eigenvalue weighted by molar-refractivity contribution is 0.481. The van der Waals surface area contributed by atoms with Gasteiger partial charge in [-0.25, -0.2) is 0 Å². The molecule has 4 heteroatoms. The minimum atomic E-state index is 0.362. The van der Waals surface area contributed by atoms with E-state index >= 15 is 0 Å². The van der Waals surface area contributed by atoms with E-state index in [1.54, 1.807) is 10.4 Å². The Morgan fingerprint density at radius 2 is 1.95 bits per heavy atom. The van der Waals surface area contributed by atoms with Gasteiger partial charge in [0.15, 0.2) is 0 Å². The minimum Gasteiger partial charge on any atom is -0.271 e. The zero-order valence-electron chi connectivity index (χ0n) is 13.3. The average Bonchev–Trinajstić information content (AvgIpc) is 2.94. The number of rotatable bonds is 10. The Kier molecular flexibility index (Phi) is 8.15. The van der Waals surface area contributed by atoms with Gasteiger partial charge in [0.1, 0.15) is 0 Å². The molecule has 0 amide bonds. The maximum absolute atomic E-state index is 5.79. The van der Waals surface area contributed by atoms with Crippen molar-refractivity contribution in [2.45, 2.75) is 76.5 Å². The summed E-state index contributed by atoms with van der Waals surface area (Å²) >= 11 is 4.04. The highest BCUT2D eigenvalue weighted by Gasteiger charge is 2.18. The number of thiophene rings is 1. The van der Waals surface area contributed by atoms with Crippen molar-refractivity contribution in [3.8, 4) is 0 Å². The molecule has 1 aromatic rings. The Morgan fingerprint density at radius 3 is 2.67 bits per heavy atom. The van der Waals surface area contributed by atoms with Crippen LogP contribution >= 0.6 is 23.1 Å². The van der Waals surface area contributed by atoms with Gasteiger partial charge in [0.2, 0.25) is 0 Å². The zero-order valence-corrected chi connectivity index (χ0v) is 15.0. The molecule has 2 nitrogen and oxygen atoms in total. The van der Waals surface area contributed by atoms with Crippen molar-refractivity contribution in [3.05, 3.63) is 21.4 Å². The van der Waals surface area contributed by atoms with Gasteiger partial charge in [-0.05, 0) is 30.2 Å². The summed E-state index contributed by atoms with van der Waals surface area (Å²) in [5, 5.41) is 0. The number of hydrogen-bond acceptors (Lipinski definition) is 4. The lowest BCUT2D eigenvalue weighted by Gasteiger charge is -2.13. The summed E-state index contributed by atoms with van der Waals surface area (Å²) in [7, 11) is 0. The van der Waals surface area contributed by atoms with E-state index in [0.29, 0.717) is 6.04 Å². The molecule has 0 saturated carbocycles. The smallest absolute Gasteiger partial charge is 0.0553 e. The van der Waals surface area contributed by atoms with E-state index in [-0.39, 0.29) is 0 Å². The summed E-state index contributed by atoms with van der Waals surface area (Å²) in [5.41, 5.74) is 4.60. The molecule has 0 spiro atoms. The highest BCUT2D eigenvalue weighted by atomic mass is 32.2. The second kappa shape index (κ2) is 9.88. The molecule has 1 aliphatic heterocycles. The minimum absolute atomic E-state index is 0.362. The Hall–Kier alpha value is -0.0300. The van der Waals surface area contributed by atoms with E-state index in [1.807, 2.05) is 11.3 Å². The van der Waals surface area contributed by atoms with Crippen molar-refractivity contribution in [1.82, 2.24) is 5.43 Å². The van der Waals surface area contributed by atoms with Crippen molar-refractivity contribution < 1.29 is 0 Å². The van der Waals surface area contributed by atoms with Crippen LogP contribution < -0.4 is 11.3 Å². The Bertz CT molecular complexity index is 380. The number of hydrogen-bond donors (Lipinski definition) is 2. The van der Waals surface area contributed by atoms with Crippen molar-refractivity contribution in [3.63, 3.8) is 0 Å². The van der Waals surface area contributed by atoms with E-state index in [4.69, 9.17) is 5.84 Å². The molecule has 0 bridgehead atoms. The molecular weight excluding hydrogens is 296 g/mol. The third-order valence-electron chi connectivity index (χ3n) is 4.29. The molecule has 120 valence electrons. The first-order valence-corrected chi connectivity index (χ1v) is 10.5. The van der Waals surface area contributed by atoms with Gasteiger partial charge in [-0.1, -0.05) is 51.9 Å². The van der Waals surface area contributed by atoms with Crippen molar-refractivity contribution in [2.24, 2.45) is 5.84 Å². The zero-order chi connectivity index (χ0) is 14.9. The predicted octanol–water partition coefficient (Wildman–Crippen LogP) is 5.18. The summed E-state index contributed by atoms with van der Waals surface area (Å²) in [6.07, 6.45) is 12.0. The van der Waals surface area contributed by atoms with Gasteiger partial charge in [0, 0.05) is 15.5 Å². The average molecular weight is 327 g/mol. The van der Waals surface area contributed by atoms with Gasteiger partial charge in [-0.15, -0.1) is 11.3 Å².